The summed E-state index contributed by atoms with van der Waals surface area (Å²) in [5.41, 5.74) is 12.2. The summed E-state index contributed by atoms with van der Waals surface area (Å²) in [6, 6.07) is 2.89. The zero-order valence-electron chi connectivity index (χ0n) is 15.0. The number of nitrogens with two attached hydrogens (primary N) is 2. The van der Waals surface area contributed by atoms with Gasteiger partial charge in [-0.3, -0.25) is 24.2 Å². The molecule has 2 aliphatic rings. The van der Waals surface area contributed by atoms with E-state index in [2.05, 4.69) is 0 Å². The molecule has 0 unspecified atom stereocenters. The van der Waals surface area contributed by atoms with Gasteiger partial charge in [0.05, 0.1) is 29.5 Å². The molecule has 0 spiro atoms. The molecule has 0 atom stereocenters. The van der Waals surface area contributed by atoms with Crippen LogP contribution in [0.3, 0.4) is 0 Å². The minimum Gasteiger partial charge on any atom is -0.489 e. The van der Waals surface area contributed by atoms with Crippen molar-refractivity contribution in [2.24, 2.45) is 5.73 Å². The highest BCUT2D eigenvalue weighted by molar-refractivity contribution is 6.22. The second-order valence-corrected chi connectivity index (χ2v) is 7.06. The summed E-state index contributed by atoms with van der Waals surface area (Å²) in [6.45, 7) is 5.16. The molecule has 1 fully saturated rings. The average molecular weight is 360 g/mol. The number of anilines is 1. The number of carbonyl (C=O) groups is 3. The van der Waals surface area contributed by atoms with E-state index in [1.807, 2.05) is 18.7 Å². The van der Waals surface area contributed by atoms with Gasteiger partial charge in [-0.2, -0.15) is 0 Å². The largest absolute Gasteiger partial charge is 0.489 e. The molecule has 1 aromatic carbocycles. The summed E-state index contributed by atoms with van der Waals surface area (Å²) >= 11 is 0. The smallest absolute Gasteiger partial charge is 0.261 e. The fourth-order valence-corrected chi connectivity index (χ4v) is 3.55. The fraction of sp³-hybridized carbons (Fsp3) is 0.500. The van der Waals surface area contributed by atoms with E-state index in [0.29, 0.717) is 48.5 Å². The van der Waals surface area contributed by atoms with Crippen LogP contribution in [0.4, 0.5) is 5.69 Å². The molecule has 1 saturated heterocycles. The number of nitrogens with zero attached hydrogens (tertiary/aromatic N) is 2. The highest BCUT2D eigenvalue weighted by atomic mass is 16.5. The molecule has 3 rings (SSSR count). The van der Waals surface area contributed by atoms with Gasteiger partial charge in [0, 0.05) is 19.1 Å². The van der Waals surface area contributed by atoms with Crippen LogP contribution < -0.4 is 16.2 Å². The normalized spacial score (nSPS) is 18.5. The zero-order chi connectivity index (χ0) is 19.0. The maximum absolute atomic E-state index is 12.8. The summed E-state index contributed by atoms with van der Waals surface area (Å²) in [5.74, 6) is -0.594. The molecule has 2 heterocycles. The van der Waals surface area contributed by atoms with E-state index >= 15 is 0 Å². The second-order valence-electron chi connectivity index (χ2n) is 7.06. The number of carbonyl (C=O) groups excluding carboxylic acids is 3. The molecule has 8 nitrogen and oxygen atoms in total. The van der Waals surface area contributed by atoms with Crippen LogP contribution in [0.15, 0.2) is 12.1 Å². The van der Waals surface area contributed by atoms with E-state index in [0.717, 1.165) is 0 Å². The lowest BCUT2D eigenvalue weighted by atomic mass is 10.0. The number of hydrogen-bond donors (Lipinski definition) is 2. The summed E-state index contributed by atoms with van der Waals surface area (Å²) in [4.78, 5) is 39.9. The van der Waals surface area contributed by atoms with Gasteiger partial charge in [-0.15, -0.1) is 0 Å². The number of fused-ring (bicyclic) bond motifs is 1. The summed E-state index contributed by atoms with van der Waals surface area (Å²) in [6.07, 6.45) is 1.14. The lowest BCUT2D eigenvalue weighted by molar-refractivity contribution is -0.119. The van der Waals surface area contributed by atoms with Crippen LogP contribution in [0.25, 0.3) is 0 Å². The number of primary amides is 1. The van der Waals surface area contributed by atoms with Gasteiger partial charge in [0.25, 0.3) is 11.8 Å². The van der Waals surface area contributed by atoms with Crippen molar-refractivity contribution in [3.05, 3.63) is 23.3 Å². The van der Waals surface area contributed by atoms with Crippen LogP contribution in [0, 0.1) is 0 Å². The Morgan fingerprint density at radius 3 is 2.31 bits per heavy atom. The van der Waals surface area contributed by atoms with E-state index < -0.39 is 0 Å². The van der Waals surface area contributed by atoms with Gasteiger partial charge >= 0.3 is 0 Å². The molecule has 0 radical (unpaired) electrons. The van der Waals surface area contributed by atoms with Crippen molar-refractivity contribution in [3.8, 4) is 5.75 Å². The predicted octanol–water partition coefficient (Wildman–Crippen LogP) is 0.602. The first-order chi connectivity index (χ1) is 12.3. The van der Waals surface area contributed by atoms with Crippen LogP contribution in [-0.2, 0) is 4.79 Å². The number of imide groups is 1. The number of benzene rings is 1. The maximum atomic E-state index is 12.8. The number of piperidine rings is 1. The Morgan fingerprint density at radius 2 is 1.77 bits per heavy atom. The Hall–Kier alpha value is -2.61. The van der Waals surface area contributed by atoms with Crippen molar-refractivity contribution in [3.63, 3.8) is 0 Å². The first-order valence-electron chi connectivity index (χ1n) is 8.76. The zero-order valence-corrected chi connectivity index (χ0v) is 15.0. The van der Waals surface area contributed by atoms with Crippen LogP contribution >= 0.6 is 0 Å². The van der Waals surface area contributed by atoms with Gasteiger partial charge in [-0.05, 0) is 38.8 Å². The Morgan fingerprint density at radius 1 is 1.19 bits per heavy atom. The van der Waals surface area contributed by atoms with E-state index in [1.165, 1.54) is 11.0 Å². The number of rotatable bonds is 5. The molecule has 4 N–H and O–H groups in total. The summed E-state index contributed by atoms with van der Waals surface area (Å²) in [5, 5.41) is 0. The Bertz CT molecular complexity index is 754. The molecule has 0 aromatic heterocycles. The van der Waals surface area contributed by atoms with E-state index in [1.54, 1.807) is 6.07 Å². The minimum atomic E-state index is -0.377. The lowest BCUT2D eigenvalue weighted by Crippen LogP contribution is -2.48. The van der Waals surface area contributed by atoms with E-state index in [9.17, 15) is 14.4 Å². The average Bonchev–Trinajstić information content (AvgIpc) is 2.79. The van der Waals surface area contributed by atoms with Crippen molar-refractivity contribution in [2.45, 2.75) is 38.8 Å². The Balaban J connectivity index is 1.78. The SMILES string of the molecule is CC(C)Oc1cc2c(cc1N)C(=O)N(C1CCN(CC(N)=O)CC1)C2=O. The molecule has 0 saturated carbocycles. The third-order valence-electron chi connectivity index (χ3n) is 4.71. The molecule has 8 heteroatoms. The molecular formula is C18H24N4O4. The lowest BCUT2D eigenvalue weighted by Gasteiger charge is -2.35. The Kier molecular flexibility index (Phi) is 4.86. The quantitative estimate of drug-likeness (QED) is 0.586. The standard InChI is InChI=1S/C18H24N4O4/c1-10(2)26-15-8-13-12(7-14(15)19)17(24)22(18(13)25)11-3-5-21(6-4-11)9-16(20)23/h7-8,10-11H,3-6,9,19H2,1-2H3,(H2,20,23). The van der Waals surface area contributed by atoms with Crippen LogP contribution in [0.2, 0.25) is 0 Å². The molecule has 1 aromatic rings. The highest BCUT2D eigenvalue weighted by Gasteiger charge is 2.41. The maximum Gasteiger partial charge on any atom is 0.261 e. The van der Waals surface area contributed by atoms with Crippen LogP contribution in [0.1, 0.15) is 47.4 Å². The first kappa shape index (κ1) is 18.2. The van der Waals surface area contributed by atoms with Gasteiger partial charge in [-0.25, -0.2) is 0 Å². The minimum absolute atomic E-state index is 0.0896. The third-order valence-corrected chi connectivity index (χ3v) is 4.71. The monoisotopic (exact) mass is 360 g/mol. The van der Waals surface area contributed by atoms with Crippen molar-refractivity contribution in [2.75, 3.05) is 25.4 Å². The topological polar surface area (TPSA) is 119 Å². The van der Waals surface area contributed by atoms with Crippen molar-refractivity contribution >= 4 is 23.4 Å². The van der Waals surface area contributed by atoms with Gasteiger partial charge in [-0.1, -0.05) is 0 Å². The van der Waals surface area contributed by atoms with E-state index in [4.69, 9.17) is 16.2 Å². The summed E-state index contributed by atoms with van der Waals surface area (Å²) < 4.78 is 5.63. The molecule has 140 valence electrons. The third kappa shape index (κ3) is 3.37. The predicted molar refractivity (Wildman–Crippen MR) is 95.8 cm³/mol. The van der Waals surface area contributed by atoms with Crippen LogP contribution in [-0.4, -0.2) is 59.3 Å². The van der Waals surface area contributed by atoms with Gasteiger partial charge in [0.15, 0.2) is 0 Å². The van der Waals surface area contributed by atoms with Crippen molar-refractivity contribution in [1.82, 2.24) is 9.80 Å². The Labute approximate surface area is 152 Å². The fourth-order valence-electron chi connectivity index (χ4n) is 3.55. The highest BCUT2D eigenvalue weighted by Crippen LogP contribution is 2.34. The van der Waals surface area contributed by atoms with Crippen molar-refractivity contribution in [1.29, 1.82) is 0 Å². The number of nitrogen functional groups attached to an aromatic ring is 1. The van der Waals surface area contributed by atoms with Gasteiger partial charge in [0.1, 0.15) is 5.75 Å². The molecule has 2 aliphatic heterocycles. The number of likely N-dealkylation sites (tertiary alicyclic amines) is 1. The molecule has 26 heavy (non-hydrogen) atoms. The number of hydrogen-bond acceptors (Lipinski definition) is 6. The van der Waals surface area contributed by atoms with Gasteiger partial charge in [0.2, 0.25) is 5.91 Å². The molecule has 0 bridgehead atoms. The number of ether oxygens (including phenoxy) is 1. The number of amides is 3. The van der Waals surface area contributed by atoms with E-state index in [-0.39, 0.29) is 36.4 Å². The molecular weight excluding hydrogens is 336 g/mol. The van der Waals surface area contributed by atoms with Gasteiger partial charge < -0.3 is 16.2 Å². The van der Waals surface area contributed by atoms with Crippen molar-refractivity contribution < 1.29 is 19.1 Å². The molecule has 3 amide bonds. The summed E-state index contributed by atoms with van der Waals surface area (Å²) in [7, 11) is 0. The second kappa shape index (κ2) is 6.95. The molecule has 0 aliphatic carbocycles. The first-order valence-corrected chi connectivity index (χ1v) is 8.76. The van der Waals surface area contributed by atoms with Crippen LogP contribution in [0.5, 0.6) is 5.75 Å².